The fraction of sp³-hybridized carbons (Fsp3) is 0.111. The Labute approximate surface area is 105 Å². The molecule has 0 saturated carbocycles. The van der Waals surface area contributed by atoms with E-state index in [1.807, 2.05) is 6.20 Å². The first-order valence-electron chi connectivity index (χ1n) is 4.14. The van der Waals surface area contributed by atoms with Crippen LogP contribution in [0.15, 0.2) is 29.0 Å². The van der Waals surface area contributed by atoms with Crippen molar-refractivity contribution in [2.45, 2.75) is 6.54 Å². The lowest BCUT2D eigenvalue weighted by molar-refractivity contribution is 0.673. The maximum absolute atomic E-state index is 5.98. The summed E-state index contributed by atoms with van der Waals surface area (Å²) in [7, 11) is 0. The van der Waals surface area contributed by atoms with Crippen LogP contribution in [0.3, 0.4) is 0 Å². The fourth-order valence-corrected chi connectivity index (χ4v) is 1.80. The minimum atomic E-state index is 0.431. The SMILES string of the molecule is Clc1ccc(Cl)c(Cn2cc(Br)cn2)n1. The van der Waals surface area contributed by atoms with Crippen molar-refractivity contribution >= 4 is 39.1 Å². The van der Waals surface area contributed by atoms with Gasteiger partial charge in [-0.3, -0.25) is 4.68 Å². The molecule has 0 atom stereocenters. The lowest BCUT2D eigenvalue weighted by Gasteiger charge is -2.03. The molecule has 15 heavy (non-hydrogen) atoms. The van der Waals surface area contributed by atoms with Gasteiger partial charge in [-0.1, -0.05) is 23.2 Å². The number of rotatable bonds is 2. The van der Waals surface area contributed by atoms with Crippen molar-refractivity contribution in [2.24, 2.45) is 0 Å². The molecule has 0 aliphatic rings. The summed E-state index contributed by atoms with van der Waals surface area (Å²) < 4.78 is 2.65. The van der Waals surface area contributed by atoms with Crippen LogP contribution in [0.2, 0.25) is 10.2 Å². The molecule has 0 amide bonds. The largest absolute Gasteiger partial charge is 0.266 e. The molecule has 78 valence electrons. The molecule has 0 aromatic carbocycles. The first-order valence-corrected chi connectivity index (χ1v) is 5.69. The highest BCUT2D eigenvalue weighted by atomic mass is 79.9. The second-order valence-corrected chi connectivity index (χ2v) is 4.63. The van der Waals surface area contributed by atoms with Crippen LogP contribution in [-0.4, -0.2) is 14.8 Å². The zero-order valence-electron chi connectivity index (χ0n) is 7.49. The second kappa shape index (κ2) is 4.51. The van der Waals surface area contributed by atoms with E-state index in [1.165, 1.54) is 0 Å². The lowest BCUT2D eigenvalue weighted by atomic mass is 10.3. The molecule has 2 rings (SSSR count). The van der Waals surface area contributed by atoms with Gasteiger partial charge in [0.25, 0.3) is 0 Å². The van der Waals surface area contributed by atoms with Crippen molar-refractivity contribution in [3.05, 3.63) is 44.9 Å². The Morgan fingerprint density at radius 2 is 2.13 bits per heavy atom. The first-order chi connectivity index (χ1) is 7.15. The Morgan fingerprint density at radius 1 is 1.33 bits per heavy atom. The summed E-state index contributed by atoms with van der Waals surface area (Å²) >= 11 is 15.1. The van der Waals surface area contributed by atoms with Gasteiger partial charge in [-0.25, -0.2) is 4.98 Å². The van der Waals surface area contributed by atoms with Crippen molar-refractivity contribution in [2.75, 3.05) is 0 Å². The molecule has 0 bridgehead atoms. The third kappa shape index (κ3) is 2.71. The van der Waals surface area contributed by atoms with Gasteiger partial charge in [-0.2, -0.15) is 5.10 Å². The van der Waals surface area contributed by atoms with Gasteiger partial charge in [0.15, 0.2) is 0 Å². The van der Waals surface area contributed by atoms with E-state index in [0.717, 1.165) is 4.47 Å². The molecule has 0 radical (unpaired) electrons. The van der Waals surface area contributed by atoms with E-state index in [9.17, 15) is 0 Å². The molecule has 6 heteroatoms. The van der Waals surface area contributed by atoms with Crippen molar-refractivity contribution in [3.63, 3.8) is 0 Å². The van der Waals surface area contributed by atoms with Gasteiger partial charge in [-0.05, 0) is 28.1 Å². The Balaban J connectivity index is 2.27. The average Bonchev–Trinajstić information content (AvgIpc) is 2.58. The van der Waals surface area contributed by atoms with Crippen LogP contribution in [0.1, 0.15) is 5.69 Å². The van der Waals surface area contributed by atoms with E-state index in [0.29, 0.717) is 22.4 Å². The molecule has 0 unspecified atom stereocenters. The predicted octanol–water partition coefficient (Wildman–Crippen LogP) is 3.40. The molecule has 2 aromatic rings. The second-order valence-electron chi connectivity index (χ2n) is 2.92. The van der Waals surface area contributed by atoms with Crippen LogP contribution in [0.4, 0.5) is 0 Å². The van der Waals surface area contributed by atoms with Crippen LogP contribution in [0, 0.1) is 0 Å². The summed E-state index contributed by atoms with van der Waals surface area (Å²) in [6.45, 7) is 0.505. The Bertz CT molecular complexity index is 484. The molecule has 2 heterocycles. The summed E-state index contributed by atoms with van der Waals surface area (Å²) in [6.07, 6.45) is 3.55. The molecule has 0 aliphatic carbocycles. The van der Waals surface area contributed by atoms with Gasteiger partial charge in [0.2, 0.25) is 0 Å². The predicted molar refractivity (Wildman–Crippen MR) is 63.3 cm³/mol. The van der Waals surface area contributed by atoms with E-state index < -0.39 is 0 Å². The highest BCUT2D eigenvalue weighted by molar-refractivity contribution is 9.10. The molecule has 0 aliphatic heterocycles. The van der Waals surface area contributed by atoms with Gasteiger partial charge in [0, 0.05) is 6.20 Å². The average molecular weight is 307 g/mol. The quantitative estimate of drug-likeness (QED) is 0.796. The maximum Gasteiger partial charge on any atom is 0.129 e. The maximum atomic E-state index is 5.98. The topological polar surface area (TPSA) is 30.7 Å². The molecular weight excluding hydrogens is 301 g/mol. The van der Waals surface area contributed by atoms with Crippen molar-refractivity contribution < 1.29 is 0 Å². The van der Waals surface area contributed by atoms with Crippen LogP contribution >= 0.6 is 39.1 Å². The number of aromatic nitrogens is 3. The van der Waals surface area contributed by atoms with E-state index in [1.54, 1.807) is 23.0 Å². The van der Waals surface area contributed by atoms with Crippen LogP contribution in [0.25, 0.3) is 0 Å². The van der Waals surface area contributed by atoms with E-state index in [4.69, 9.17) is 23.2 Å². The molecule has 0 spiro atoms. The number of halogens is 3. The van der Waals surface area contributed by atoms with Gasteiger partial charge in [0.05, 0.1) is 27.9 Å². The van der Waals surface area contributed by atoms with Gasteiger partial charge < -0.3 is 0 Å². The van der Waals surface area contributed by atoms with Crippen LogP contribution in [0.5, 0.6) is 0 Å². The first kappa shape index (κ1) is 10.9. The summed E-state index contributed by atoms with van der Waals surface area (Å²) in [6, 6.07) is 3.39. The summed E-state index contributed by atoms with van der Waals surface area (Å²) in [5.41, 5.74) is 0.708. The summed E-state index contributed by atoms with van der Waals surface area (Å²) in [5.74, 6) is 0. The fourth-order valence-electron chi connectivity index (χ4n) is 1.15. The number of nitrogens with zero attached hydrogens (tertiary/aromatic N) is 3. The molecule has 0 fully saturated rings. The molecular formula is C9H6BrCl2N3. The zero-order chi connectivity index (χ0) is 10.8. The van der Waals surface area contributed by atoms with Gasteiger partial charge >= 0.3 is 0 Å². The standard InChI is InChI=1S/C9H6BrCl2N3/c10-6-3-13-15(4-6)5-8-7(11)1-2-9(12)14-8/h1-4H,5H2. The third-order valence-electron chi connectivity index (χ3n) is 1.80. The summed E-state index contributed by atoms with van der Waals surface area (Å²) in [4.78, 5) is 4.13. The third-order valence-corrected chi connectivity index (χ3v) is 2.76. The number of hydrogen-bond donors (Lipinski definition) is 0. The molecule has 0 N–H and O–H groups in total. The normalized spacial score (nSPS) is 10.6. The highest BCUT2D eigenvalue weighted by Gasteiger charge is 2.04. The Hall–Kier alpha value is -0.580. The lowest BCUT2D eigenvalue weighted by Crippen LogP contribution is -2.02. The van der Waals surface area contributed by atoms with Crippen LogP contribution < -0.4 is 0 Å². The monoisotopic (exact) mass is 305 g/mol. The van der Waals surface area contributed by atoms with E-state index >= 15 is 0 Å². The number of pyridine rings is 1. The van der Waals surface area contributed by atoms with Crippen LogP contribution in [-0.2, 0) is 6.54 Å². The van der Waals surface area contributed by atoms with Crippen molar-refractivity contribution in [1.29, 1.82) is 0 Å². The van der Waals surface area contributed by atoms with Gasteiger partial charge in [0.1, 0.15) is 5.15 Å². The van der Waals surface area contributed by atoms with Crippen molar-refractivity contribution in [1.82, 2.24) is 14.8 Å². The number of hydrogen-bond acceptors (Lipinski definition) is 2. The van der Waals surface area contributed by atoms with E-state index in [-0.39, 0.29) is 0 Å². The Morgan fingerprint density at radius 3 is 2.80 bits per heavy atom. The minimum Gasteiger partial charge on any atom is -0.266 e. The summed E-state index contributed by atoms with van der Waals surface area (Å²) in [5, 5.41) is 5.13. The van der Waals surface area contributed by atoms with Crippen molar-refractivity contribution in [3.8, 4) is 0 Å². The van der Waals surface area contributed by atoms with Gasteiger partial charge in [-0.15, -0.1) is 0 Å². The molecule has 3 nitrogen and oxygen atoms in total. The zero-order valence-corrected chi connectivity index (χ0v) is 10.6. The smallest absolute Gasteiger partial charge is 0.129 e. The Kier molecular flexibility index (Phi) is 3.29. The molecule has 2 aromatic heterocycles. The van der Waals surface area contributed by atoms with E-state index in [2.05, 4.69) is 26.0 Å². The highest BCUT2D eigenvalue weighted by Crippen LogP contribution is 2.18. The molecule has 0 saturated heterocycles. The minimum absolute atomic E-state index is 0.431.